The number of nitrogens with one attached hydrogen (secondary N) is 1. The van der Waals surface area contributed by atoms with E-state index in [2.05, 4.69) is 5.32 Å². The molecule has 0 aliphatic rings. The number of aryl methyl sites for hydroxylation is 2. The highest BCUT2D eigenvalue weighted by molar-refractivity contribution is 5.83. The van der Waals surface area contributed by atoms with Gasteiger partial charge in [-0.1, -0.05) is 12.1 Å². The van der Waals surface area contributed by atoms with E-state index in [0.717, 1.165) is 22.4 Å². The van der Waals surface area contributed by atoms with Crippen LogP contribution < -0.4 is 16.7 Å². The van der Waals surface area contributed by atoms with E-state index >= 15 is 0 Å². The van der Waals surface area contributed by atoms with Gasteiger partial charge in [0.15, 0.2) is 0 Å². The molecule has 0 unspecified atom stereocenters. The lowest BCUT2D eigenvalue weighted by molar-refractivity contribution is 0.795. The molecule has 0 radical (unpaired) electrons. The van der Waals surface area contributed by atoms with E-state index in [-0.39, 0.29) is 5.69 Å². The van der Waals surface area contributed by atoms with Crippen LogP contribution >= 0.6 is 0 Å². The number of benzene rings is 2. The number of fused-ring (bicyclic) bond motifs is 1. The number of hydrogen-bond donors (Lipinski definition) is 2. The highest BCUT2D eigenvalue weighted by Crippen LogP contribution is 2.24. The summed E-state index contributed by atoms with van der Waals surface area (Å²) < 4.78 is 3.27. The zero-order valence-corrected chi connectivity index (χ0v) is 11.4. The van der Waals surface area contributed by atoms with Gasteiger partial charge in [0.1, 0.15) is 0 Å². The fraction of sp³-hybridized carbons (Fsp3) is 0.133. The first kappa shape index (κ1) is 12.3. The van der Waals surface area contributed by atoms with Crippen LogP contribution in [0.3, 0.4) is 0 Å². The van der Waals surface area contributed by atoms with Crippen molar-refractivity contribution in [3.63, 3.8) is 0 Å². The predicted octanol–water partition coefficient (Wildman–Crippen LogP) is 2.20. The van der Waals surface area contributed by atoms with Crippen molar-refractivity contribution < 1.29 is 0 Å². The molecule has 5 nitrogen and oxygen atoms in total. The first-order valence-corrected chi connectivity index (χ1v) is 6.35. The van der Waals surface area contributed by atoms with Crippen molar-refractivity contribution in [1.29, 1.82) is 0 Å². The summed E-state index contributed by atoms with van der Waals surface area (Å²) in [6.45, 7) is 0. The highest BCUT2D eigenvalue weighted by Gasteiger charge is 2.08. The molecule has 0 saturated carbocycles. The van der Waals surface area contributed by atoms with Gasteiger partial charge in [0.25, 0.3) is 0 Å². The van der Waals surface area contributed by atoms with Crippen molar-refractivity contribution in [2.45, 2.75) is 0 Å². The van der Waals surface area contributed by atoms with Crippen molar-refractivity contribution in [3.05, 3.63) is 52.9 Å². The first-order chi connectivity index (χ1) is 9.58. The molecule has 3 aromatic rings. The van der Waals surface area contributed by atoms with Crippen LogP contribution in [0.25, 0.3) is 11.0 Å². The Balaban J connectivity index is 2.08. The summed E-state index contributed by atoms with van der Waals surface area (Å²) in [7, 11) is 3.54. The summed E-state index contributed by atoms with van der Waals surface area (Å²) in [4.78, 5) is 11.9. The van der Waals surface area contributed by atoms with Gasteiger partial charge in [0, 0.05) is 19.8 Å². The Morgan fingerprint density at radius 3 is 2.45 bits per heavy atom. The van der Waals surface area contributed by atoms with Gasteiger partial charge in [0.2, 0.25) is 0 Å². The van der Waals surface area contributed by atoms with Gasteiger partial charge in [-0.15, -0.1) is 0 Å². The van der Waals surface area contributed by atoms with Crippen LogP contribution in [0.2, 0.25) is 0 Å². The third kappa shape index (κ3) is 1.84. The Hall–Kier alpha value is -2.69. The molecule has 0 fully saturated rings. The van der Waals surface area contributed by atoms with E-state index < -0.39 is 0 Å². The lowest BCUT2D eigenvalue weighted by Crippen LogP contribution is -2.19. The van der Waals surface area contributed by atoms with Gasteiger partial charge in [-0.3, -0.25) is 9.13 Å². The number of hydrogen-bond acceptors (Lipinski definition) is 3. The molecular formula is C15H16N4O. The summed E-state index contributed by atoms with van der Waals surface area (Å²) in [5.74, 6) is 0. The normalized spacial score (nSPS) is 10.9. The molecule has 20 heavy (non-hydrogen) atoms. The Kier molecular flexibility index (Phi) is 2.75. The number of imidazole rings is 1. The number of nitrogen functional groups attached to an aromatic ring is 1. The second kappa shape index (κ2) is 4.45. The molecule has 102 valence electrons. The first-order valence-electron chi connectivity index (χ1n) is 6.35. The van der Waals surface area contributed by atoms with Crippen LogP contribution in [0.1, 0.15) is 0 Å². The number of rotatable bonds is 2. The number of aromatic nitrogens is 2. The molecule has 1 aromatic heterocycles. The largest absolute Gasteiger partial charge is 0.397 e. The number of nitrogens with zero attached hydrogens (tertiary/aromatic N) is 2. The maximum Gasteiger partial charge on any atom is 0.328 e. The molecule has 0 aliphatic carbocycles. The van der Waals surface area contributed by atoms with Crippen LogP contribution in [0, 0.1) is 0 Å². The minimum Gasteiger partial charge on any atom is -0.397 e. The van der Waals surface area contributed by atoms with Gasteiger partial charge in [-0.05, 0) is 30.3 Å². The molecule has 0 bridgehead atoms. The van der Waals surface area contributed by atoms with E-state index in [1.54, 1.807) is 23.2 Å². The second-order valence-corrected chi connectivity index (χ2v) is 4.82. The number of anilines is 3. The van der Waals surface area contributed by atoms with E-state index in [1.165, 1.54) is 0 Å². The van der Waals surface area contributed by atoms with Crippen LogP contribution in [0.4, 0.5) is 17.1 Å². The third-order valence-electron chi connectivity index (χ3n) is 3.51. The van der Waals surface area contributed by atoms with E-state index in [1.807, 2.05) is 42.5 Å². The summed E-state index contributed by atoms with van der Waals surface area (Å²) in [6.07, 6.45) is 0. The van der Waals surface area contributed by atoms with Crippen molar-refractivity contribution in [3.8, 4) is 0 Å². The van der Waals surface area contributed by atoms with E-state index in [4.69, 9.17) is 5.73 Å². The Morgan fingerprint density at radius 1 is 1.00 bits per heavy atom. The maximum absolute atomic E-state index is 11.9. The van der Waals surface area contributed by atoms with Gasteiger partial charge in [-0.2, -0.15) is 0 Å². The molecule has 2 aromatic carbocycles. The van der Waals surface area contributed by atoms with E-state index in [0.29, 0.717) is 5.69 Å². The van der Waals surface area contributed by atoms with Gasteiger partial charge < -0.3 is 11.1 Å². The molecule has 3 N–H and O–H groups in total. The molecule has 0 spiro atoms. The summed E-state index contributed by atoms with van der Waals surface area (Å²) in [6, 6.07) is 13.4. The quantitative estimate of drug-likeness (QED) is 0.700. The van der Waals surface area contributed by atoms with Gasteiger partial charge in [-0.25, -0.2) is 4.79 Å². The van der Waals surface area contributed by atoms with Gasteiger partial charge >= 0.3 is 5.69 Å². The fourth-order valence-corrected chi connectivity index (χ4v) is 2.35. The topological polar surface area (TPSA) is 65.0 Å². The SMILES string of the molecule is Cn1c(=O)n(C)c2cc(Nc3ccccc3N)ccc21. The smallest absolute Gasteiger partial charge is 0.328 e. The molecule has 0 amide bonds. The van der Waals surface area contributed by atoms with Crippen molar-refractivity contribution in [2.75, 3.05) is 11.1 Å². The number of para-hydroxylation sites is 2. The monoisotopic (exact) mass is 268 g/mol. The van der Waals surface area contributed by atoms with Crippen LogP contribution in [0.15, 0.2) is 47.3 Å². The predicted molar refractivity (Wildman–Crippen MR) is 82.3 cm³/mol. The lowest BCUT2D eigenvalue weighted by Gasteiger charge is -2.09. The van der Waals surface area contributed by atoms with Crippen molar-refractivity contribution >= 4 is 28.1 Å². The minimum absolute atomic E-state index is 0.0311. The maximum atomic E-state index is 11.9. The average Bonchev–Trinajstić information content (AvgIpc) is 2.66. The molecule has 0 aliphatic heterocycles. The zero-order chi connectivity index (χ0) is 14.3. The van der Waals surface area contributed by atoms with Crippen molar-refractivity contribution in [2.24, 2.45) is 14.1 Å². The highest BCUT2D eigenvalue weighted by atomic mass is 16.1. The standard InChI is InChI=1S/C15H16N4O/c1-18-13-8-7-10(9-14(13)19(2)15(18)20)17-12-6-4-3-5-11(12)16/h3-9,17H,16H2,1-2H3. The second-order valence-electron chi connectivity index (χ2n) is 4.82. The van der Waals surface area contributed by atoms with Crippen molar-refractivity contribution in [1.82, 2.24) is 9.13 Å². The zero-order valence-electron chi connectivity index (χ0n) is 11.4. The average molecular weight is 268 g/mol. The molecule has 0 atom stereocenters. The van der Waals surface area contributed by atoms with Crippen LogP contribution in [-0.2, 0) is 14.1 Å². The Labute approximate surface area is 116 Å². The Morgan fingerprint density at radius 2 is 1.70 bits per heavy atom. The molecule has 3 rings (SSSR count). The van der Waals surface area contributed by atoms with E-state index in [9.17, 15) is 4.79 Å². The molecule has 5 heteroatoms. The minimum atomic E-state index is -0.0311. The summed E-state index contributed by atoms with van der Waals surface area (Å²) in [5.41, 5.74) is 10.1. The lowest BCUT2D eigenvalue weighted by atomic mass is 10.2. The molecule has 1 heterocycles. The third-order valence-corrected chi connectivity index (χ3v) is 3.51. The van der Waals surface area contributed by atoms with Crippen LogP contribution in [-0.4, -0.2) is 9.13 Å². The van der Waals surface area contributed by atoms with Crippen LogP contribution in [0.5, 0.6) is 0 Å². The number of nitrogens with two attached hydrogens (primary N) is 1. The summed E-state index contributed by atoms with van der Waals surface area (Å²) in [5, 5.41) is 3.27. The van der Waals surface area contributed by atoms with Gasteiger partial charge in [0.05, 0.1) is 22.4 Å². The summed E-state index contributed by atoms with van der Waals surface area (Å²) >= 11 is 0. The molecule has 0 saturated heterocycles. The Bertz CT molecular complexity index is 845. The molecular weight excluding hydrogens is 252 g/mol. The fourth-order valence-electron chi connectivity index (χ4n) is 2.35.